The van der Waals surface area contributed by atoms with Crippen LogP contribution in [0.5, 0.6) is 0 Å². The summed E-state index contributed by atoms with van der Waals surface area (Å²) in [4.78, 5) is 6.89. The van der Waals surface area contributed by atoms with E-state index in [0.717, 1.165) is 42.0 Å². The van der Waals surface area contributed by atoms with Gasteiger partial charge in [0, 0.05) is 52.9 Å². The molecule has 0 radical (unpaired) electrons. The predicted molar refractivity (Wildman–Crippen MR) is 78.8 cm³/mol. The molecule has 1 N–H and O–H groups in total. The summed E-state index contributed by atoms with van der Waals surface area (Å²) in [6, 6.07) is 0. The minimum atomic E-state index is -0.620. The molecule has 2 heterocycles. The lowest BCUT2D eigenvalue weighted by molar-refractivity contribution is 0.422. The normalized spacial score (nSPS) is 18.3. The number of hydrogen-bond acceptors (Lipinski definition) is 5. The fraction of sp³-hybridized carbons (Fsp3) is 0.750. The first kappa shape index (κ1) is 14.0. The molecule has 2 rings (SSSR count). The molecule has 18 heavy (non-hydrogen) atoms. The Kier molecular flexibility index (Phi) is 4.40. The topological polar surface area (TPSA) is 45.2 Å². The average Bonchev–Trinajstić information content (AvgIpc) is 2.75. The summed E-state index contributed by atoms with van der Waals surface area (Å²) in [7, 11) is -0.620. The van der Waals surface area contributed by atoms with E-state index in [0.29, 0.717) is 0 Å². The van der Waals surface area contributed by atoms with Crippen LogP contribution in [0.2, 0.25) is 0 Å². The lowest BCUT2D eigenvalue weighted by Crippen LogP contribution is -2.37. The second kappa shape index (κ2) is 5.67. The van der Waals surface area contributed by atoms with Crippen molar-refractivity contribution < 1.29 is 4.21 Å². The smallest absolute Gasteiger partial charge is 0.185 e. The number of thiazole rings is 1. The van der Waals surface area contributed by atoms with Gasteiger partial charge in [-0.1, -0.05) is 0 Å². The average molecular weight is 287 g/mol. The number of aromatic nitrogens is 1. The van der Waals surface area contributed by atoms with Crippen LogP contribution in [0, 0.1) is 0 Å². The van der Waals surface area contributed by atoms with E-state index in [1.54, 1.807) is 11.3 Å². The number of nitrogens with one attached hydrogen (secondary N) is 1. The fourth-order valence-corrected chi connectivity index (χ4v) is 3.64. The molecule has 1 saturated heterocycles. The molecule has 0 aromatic carbocycles. The predicted octanol–water partition coefficient (Wildman–Crippen LogP) is 1.60. The molecule has 0 atom stereocenters. The highest BCUT2D eigenvalue weighted by Gasteiger charge is 2.18. The van der Waals surface area contributed by atoms with Crippen molar-refractivity contribution in [3.63, 3.8) is 0 Å². The third-order valence-electron chi connectivity index (χ3n) is 2.79. The molecule has 0 spiro atoms. The fourth-order valence-electron chi connectivity index (χ4n) is 1.71. The van der Waals surface area contributed by atoms with E-state index in [1.807, 2.05) is 0 Å². The highest BCUT2D eigenvalue weighted by molar-refractivity contribution is 7.85. The Morgan fingerprint density at radius 3 is 2.72 bits per heavy atom. The molecule has 0 aliphatic carbocycles. The van der Waals surface area contributed by atoms with Gasteiger partial charge in [-0.25, -0.2) is 4.98 Å². The maximum atomic E-state index is 11.3. The third kappa shape index (κ3) is 4.03. The minimum absolute atomic E-state index is 0.117. The molecule has 1 aliphatic heterocycles. The molecule has 102 valence electrons. The van der Waals surface area contributed by atoms with Gasteiger partial charge in [-0.2, -0.15) is 0 Å². The molecule has 4 nitrogen and oxygen atoms in total. The largest absolute Gasteiger partial charge is 0.346 e. The summed E-state index contributed by atoms with van der Waals surface area (Å²) >= 11 is 1.68. The van der Waals surface area contributed by atoms with Crippen LogP contribution in [0.4, 0.5) is 5.13 Å². The molecule has 1 aromatic rings. The summed E-state index contributed by atoms with van der Waals surface area (Å²) in [5.41, 5.74) is 1.21. The Bertz CT molecular complexity index is 415. The second-order valence-electron chi connectivity index (χ2n) is 5.56. The van der Waals surface area contributed by atoms with Crippen molar-refractivity contribution in [3.8, 4) is 0 Å². The Balaban J connectivity index is 1.91. The highest BCUT2D eigenvalue weighted by atomic mass is 32.2. The van der Waals surface area contributed by atoms with Gasteiger partial charge in [0.1, 0.15) is 0 Å². The molecule has 1 aliphatic rings. The van der Waals surface area contributed by atoms with Gasteiger partial charge < -0.3 is 10.2 Å². The Morgan fingerprint density at radius 1 is 1.44 bits per heavy atom. The van der Waals surface area contributed by atoms with Gasteiger partial charge in [-0.05, 0) is 20.8 Å². The van der Waals surface area contributed by atoms with Crippen LogP contribution in [-0.4, -0.2) is 39.3 Å². The summed E-state index contributed by atoms with van der Waals surface area (Å²) in [5, 5.41) is 6.62. The molecule has 0 unspecified atom stereocenters. The van der Waals surface area contributed by atoms with E-state index in [9.17, 15) is 4.21 Å². The lowest BCUT2D eigenvalue weighted by Gasteiger charge is -2.25. The first-order chi connectivity index (χ1) is 8.44. The van der Waals surface area contributed by atoms with E-state index in [1.165, 1.54) is 0 Å². The van der Waals surface area contributed by atoms with E-state index < -0.39 is 10.8 Å². The first-order valence-corrected chi connectivity index (χ1v) is 8.60. The number of rotatable bonds is 3. The van der Waals surface area contributed by atoms with E-state index in [-0.39, 0.29) is 5.54 Å². The van der Waals surface area contributed by atoms with Crippen LogP contribution < -0.4 is 10.2 Å². The van der Waals surface area contributed by atoms with E-state index in [2.05, 4.69) is 41.4 Å². The van der Waals surface area contributed by atoms with Crippen molar-refractivity contribution in [3.05, 3.63) is 11.1 Å². The molecule has 6 heteroatoms. The van der Waals surface area contributed by atoms with Crippen LogP contribution in [0.1, 0.15) is 26.5 Å². The number of nitrogens with zero attached hydrogens (tertiary/aromatic N) is 2. The first-order valence-electron chi connectivity index (χ1n) is 6.23. The van der Waals surface area contributed by atoms with Gasteiger partial charge in [0.2, 0.25) is 0 Å². The summed E-state index contributed by atoms with van der Waals surface area (Å²) in [6.45, 7) is 9.00. The Labute approximate surface area is 115 Å². The zero-order valence-electron chi connectivity index (χ0n) is 11.2. The lowest BCUT2D eigenvalue weighted by atomic mass is 10.1. The molecule has 1 aromatic heterocycles. The van der Waals surface area contributed by atoms with Gasteiger partial charge in [0.05, 0.1) is 5.69 Å². The van der Waals surface area contributed by atoms with Gasteiger partial charge >= 0.3 is 0 Å². The summed E-state index contributed by atoms with van der Waals surface area (Å²) in [6.07, 6.45) is 0. The molecule has 0 saturated carbocycles. The highest BCUT2D eigenvalue weighted by Crippen LogP contribution is 2.22. The van der Waals surface area contributed by atoms with Crippen molar-refractivity contribution in [2.75, 3.05) is 29.5 Å². The Hall–Kier alpha value is -0.460. The quantitative estimate of drug-likeness (QED) is 0.917. The monoisotopic (exact) mass is 287 g/mol. The molecular weight excluding hydrogens is 266 g/mol. The van der Waals surface area contributed by atoms with Gasteiger partial charge in [-0.15, -0.1) is 11.3 Å². The zero-order chi connectivity index (χ0) is 13.2. The summed E-state index contributed by atoms with van der Waals surface area (Å²) < 4.78 is 11.3. The van der Waals surface area contributed by atoms with Crippen molar-refractivity contribution in [1.82, 2.24) is 10.3 Å². The molecular formula is C12H21N3OS2. The SMILES string of the molecule is CC(C)(C)NCc1csc(N2CCS(=O)CC2)n1. The zero-order valence-corrected chi connectivity index (χ0v) is 12.9. The van der Waals surface area contributed by atoms with Crippen LogP contribution in [0.15, 0.2) is 5.38 Å². The van der Waals surface area contributed by atoms with Crippen molar-refractivity contribution in [2.24, 2.45) is 0 Å². The van der Waals surface area contributed by atoms with Crippen molar-refractivity contribution in [1.29, 1.82) is 0 Å². The minimum Gasteiger partial charge on any atom is -0.346 e. The van der Waals surface area contributed by atoms with E-state index >= 15 is 0 Å². The standard InChI is InChI=1S/C12H21N3OS2/c1-12(2,3)13-8-10-9-17-11(14-10)15-4-6-18(16)7-5-15/h9,13H,4-8H2,1-3H3. The maximum absolute atomic E-state index is 11.3. The van der Waals surface area contributed by atoms with Crippen LogP contribution in [0.3, 0.4) is 0 Å². The van der Waals surface area contributed by atoms with Crippen LogP contribution in [-0.2, 0) is 17.3 Å². The van der Waals surface area contributed by atoms with Crippen LogP contribution >= 0.6 is 11.3 Å². The van der Waals surface area contributed by atoms with Crippen LogP contribution in [0.25, 0.3) is 0 Å². The van der Waals surface area contributed by atoms with Gasteiger partial charge in [0.25, 0.3) is 0 Å². The van der Waals surface area contributed by atoms with E-state index in [4.69, 9.17) is 0 Å². The van der Waals surface area contributed by atoms with Gasteiger partial charge in [-0.3, -0.25) is 4.21 Å². The summed E-state index contributed by atoms with van der Waals surface area (Å²) in [5.74, 6) is 1.55. The number of hydrogen-bond donors (Lipinski definition) is 1. The number of anilines is 1. The Morgan fingerprint density at radius 2 is 2.11 bits per heavy atom. The van der Waals surface area contributed by atoms with Crippen molar-refractivity contribution >= 4 is 27.3 Å². The van der Waals surface area contributed by atoms with Gasteiger partial charge in [0.15, 0.2) is 5.13 Å². The third-order valence-corrected chi connectivity index (χ3v) is 5.01. The second-order valence-corrected chi connectivity index (χ2v) is 8.09. The molecule has 1 fully saturated rings. The molecule has 0 bridgehead atoms. The maximum Gasteiger partial charge on any atom is 0.185 e. The molecule has 0 amide bonds. The van der Waals surface area contributed by atoms with Crippen molar-refractivity contribution in [2.45, 2.75) is 32.9 Å².